The Labute approximate surface area is 338 Å². The van der Waals surface area contributed by atoms with Gasteiger partial charge in [0.15, 0.2) is 31.2 Å². The highest BCUT2D eigenvalue weighted by molar-refractivity contribution is 7.20. The quantitative estimate of drug-likeness (QED) is 0.120. The summed E-state index contributed by atoms with van der Waals surface area (Å²) in [6.45, 7) is 8.20. The van der Waals surface area contributed by atoms with E-state index >= 15 is 0 Å². The van der Waals surface area contributed by atoms with Crippen molar-refractivity contribution < 1.29 is 4.74 Å². The molecule has 58 heavy (non-hydrogen) atoms. The first-order valence-corrected chi connectivity index (χ1v) is 21.2. The summed E-state index contributed by atoms with van der Waals surface area (Å²) < 4.78 is 6.99. The summed E-state index contributed by atoms with van der Waals surface area (Å²) in [6, 6.07) is 71.0. The number of fused-ring (bicyclic) bond motifs is 2. The minimum absolute atomic E-state index is 0.541. The van der Waals surface area contributed by atoms with Crippen LogP contribution < -0.4 is 25.5 Å². The number of para-hydroxylation sites is 2. The Morgan fingerprint density at radius 3 is 1.48 bits per heavy atom. The lowest BCUT2D eigenvalue weighted by molar-refractivity contribution is 0.489. The van der Waals surface area contributed by atoms with Gasteiger partial charge >= 0.3 is 0 Å². The summed E-state index contributed by atoms with van der Waals surface area (Å²) in [5.41, 5.74) is 6.92. The molecule has 0 unspecified atom stereocenters. The first-order chi connectivity index (χ1) is 28.7. The molecule has 0 saturated heterocycles. The summed E-state index contributed by atoms with van der Waals surface area (Å²) in [5, 5.41) is 4.96. The van der Waals surface area contributed by atoms with E-state index in [4.69, 9.17) is 26.3 Å². The lowest BCUT2D eigenvalue weighted by atomic mass is 9.96. The Balaban J connectivity index is 1.13. The van der Waals surface area contributed by atoms with Gasteiger partial charge in [-0.1, -0.05) is 176 Å². The first kappa shape index (κ1) is 34.7. The minimum atomic E-state index is -2.85. The maximum Gasteiger partial charge on any atom is 0.188 e. The Kier molecular flexibility index (Phi) is 8.83. The van der Waals surface area contributed by atoms with E-state index in [2.05, 4.69) is 120 Å². The third-order valence-electron chi connectivity index (χ3n) is 10.8. The van der Waals surface area contributed by atoms with Gasteiger partial charge in [0.05, 0.1) is 6.57 Å². The molecular weight excluding hydrogens is 725 g/mol. The number of ether oxygens (including phenoxy) is 1. The third kappa shape index (κ3) is 6.07. The molecule has 0 atom stereocenters. The van der Waals surface area contributed by atoms with Crippen molar-refractivity contribution in [2.45, 2.75) is 0 Å². The SMILES string of the molecule is [C-]#[N+]c1cc(-c2cccc(-c3nc(-c4ccccc4)nc(-c4ccccc4)n3)c2)cc(-c2cccc3c2Oc2ccccc2[Si]3(c2ccccc2)c2ccccc2)c1. The van der Waals surface area contributed by atoms with Gasteiger partial charge in [-0.05, 0) is 67.8 Å². The Bertz CT molecular complexity index is 2890. The van der Waals surface area contributed by atoms with Gasteiger partial charge in [0, 0.05) is 22.3 Å². The highest BCUT2D eigenvalue weighted by Gasteiger charge is 2.48. The van der Waals surface area contributed by atoms with E-state index in [1.807, 2.05) is 91.0 Å². The number of benzene rings is 8. The molecule has 0 aliphatic carbocycles. The fourth-order valence-electron chi connectivity index (χ4n) is 8.23. The molecule has 9 aromatic rings. The molecule has 1 aliphatic rings. The van der Waals surface area contributed by atoms with Crippen molar-refractivity contribution in [2.75, 3.05) is 0 Å². The zero-order chi connectivity index (χ0) is 38.9. The summed E-state index contributed by atoms with van der Waals surface area (Å²) in [4.78, 5) is 18.8. The molecule has 0 N–H and O–H groups in total. The molecule has 2 heterocycles. The zero-order valence-electron chi connectivity index (χ0n) is 31.3. The number of aromatic nitrogens is 3. The Hall–Kier alpha value is -7.72. The molecule has 0 spiro atoms. The van der Waals surface area contributed by atoms with Crippen LogP contribution in [0, 0.1) is 6.57 Å². The smallest absolute Gasteiger partial charge is 0.188 e. The van der Waals surface area contributed by atoms with Gasteiger partial charge in [-0.25, -0.2) is 19.8 Å². The van der Waals surface area contributed by atoms with Gasteiger partial charge in [-0.3, -0.25) is 0 Å². The summed E-state index contributed by atoms with van der Waals surface area (Å²) in [7, 11) is -2.85. The van der Waals surface area contributed by atoms with Crippen molar-refractivity contribution in [3.63, 3.8) is 0 Å². The number of hydrogen-bond acceptors (Lipinski definition) is 4. The average Bonchev–Trinajstić information content (AvgIpc) is 3.31. The molecule has 10 rings (SSSR count). The monoisotopic (exact) mass is 758 g/mol. The molecule has 8 aromatic carbocycles. The van der Waals surface area contributed by atoms with Crippen LogP contribution in [-0.4, -0.2) is 23.0 Å². The standard InChI is InChI=1S/C52H34N4OSi/c1-53-42-34-40(38-22-16-23-39(32-38)52-55-50(36-18-6-2-7-19-36)54-51(56-52)37-20-8-3-9-21-37)33-41(35-42)45-28-17-31-48-49(45)57-46-29-14-15-30-47(46)58(48,43-24-10-4-11-25-43)44-26-12-5-13-27-44/h2-35H. The largest absolute Gasteiger partial charge is 0.457 e. The second-order valence-electron chi connectivity index (χ2n) is 14.3. The summed E-state index contributed by atoms with van der Waals surface area (Å²) in [6.07, 6.45) is 0. The van der Waals surface area contributed by atoms with Crippen LogP contribution in [0.4, 0.5) is 5.69 Å². The molecule has 0 bridgehead atoms. The normalized spacial score (nSPS) is 12.4. The Morgan fingerprint density at radius 1 is 0.397 bits per heavy atom. The van der Waals surface area contributed by atoms with E-state index < -0.39 is 8.07 Å². The van der Waals surface area contributed by atoms with Gasteiger partial charge in [-0.15, -0.1) is 0 Å². The molecule has 6 heteroatoms. The molecule has 0 saturated carbocycles. The van der Waals surface area contributed by atoms with Crippen molar-refractivity contribution >= 4 is 34.5 Å². The van der Waals surface area contributed by atoms with Crippen LogP contribution in [0.1, 0.15) is 0 Å². The van der Waals surface area contributed by atoms with E-state index in [1.54, 1.807) is 0 Å². The van der Waals surface area contributed by atoms with Crippen molar-refractivity contribution in [1.82, 2.24) is 15.0 Å². The molecule has 272 valence electrons. The first-order valence-electron chi connectivity index (χ1n) is 19.2. The van der Waals surface area contributed by atoms with Gasteiger partial charge in [0.1, 0.15) is 11.5 Å². The van der Waals surface area contributed by atoms with Crippen LogP contribution in [0.5, 0.6) is 11.5 Å². The van der Waals surface area contributed by atoms with Crippen LogP contribution >= 0.6 is 0 Å². The number of hydrogen-bond donors (Lipinski definition) is 0. The van der Waals surface area contributed by atoms with E-state index in [9.17, 15) is 0 Å². The van der Waals surface area contributed by atoms with Gasteiger partial charge < -0.3 is 4.74 Å². The van der Waals surface area contributed by atoms with Crippen LogP contribution in [0.3, 0.4) is 0 Å². The molecule has 5 nitrogen and oxygen atoms in total. The highest BCUT2D eigenvalue weighted by Crippen LogP contribution is 2.40. The molecular formula is C52H34N4OSi. The lowest BCUT2D eigenvalue weighted by Crippen LogP contribution is -2.76. The molecule has 0 amide bonds. The Morgan fingerprint density at radius 2 is 0.862 bits per heavy atom. The van der Waals surface area contributed by atoms with Gasteiger partial charge in [0.2, 0.25) is 0 Å². The lowest BCUT2D eigenvalue weighted by Gasteiger charge is -2.40. The minimum Gasteiger partial charge on any atom is -0.457 e. The van der Waals surface area contributed by atoms with Gasteiger partial charge in [0.25, 0.3) is 0 Å². The zero-order valence-corrected chi connectivity index (χ0v) is 32.3. The summed E-state index contributed by atoms with van der Waals surface area (Å²) >= 11 is 0. The number of nitrogens with zero attached hydrogens (tertiary/aromatic N) is 4. The fraction of sp³-hybridized carbons (Fsp3) is 0. The second kappa shape index (κ2) is 14.7. The second-order valence-corrected chi connectivity index (χ2v) is 18.0. The summed E-state index contributed by atoms with van der Waals surface area (Å²) in [5.74, 6) is 3.47. The molecule has 1 aliphatic heterocycles. The maximum absolute atomic E-state index is 8.20. The van der Waals surface area contributed by atoms with Crippen molar-refractivity contribution in [2.24, 2.45) is 0 Å². The predicted octanol–water partition coefficient (Wildman–Crippen LogP) is 10.2. The van der Waals surface area contributed by atoms with Crippen LogP contribution in [0.25, 0.3) is 61.3 Å². The van der Waals surface area contributed by atoms with Crippen molar-refractivity contribution in [1.29, 1.82) is 0 Å². The molecule has 0 radical (unpaired) electrons. The van der Waals surface area contributed by atoms with E-state index in [0.717, 1.165) is 50.4 Å². The van der Waals surface area contributed by atoms with Crippen LogP contribution in [0.2, 0.25) is 0 Å². The van der Waals surface area contributed by atoms with Crippen LogP contribution in [-0.2, 0) is 0 Å². The van der Waals surface area contributed by atoms with Gasteiger partial charge in [-0.2, -0.15) is 0 Å². The van der Waals surface area contributed by atoms with Crippen molar-refractivity contribution in [3.05, 3.63) is 218 Å². The van der Waals surface area contributed by atoms with E-state index in [-0.39, 0.29) is 0 Å². The van der Waals surface area contributed by atoms with E-state index in [0.29, 0.717) is 23.2 Å². The van der Waals surface area contributed by atoms with Crippen LogP contribution in [0.15, 0.2) is 206 Å². The molecule has 1 aromatic heterocycles. The van der Waals surface area contributed by atoms with Crippen molar-refractivity contribution in [3.8, 4) is 67.9 Å². The third-order valence-corrected chi connectivity index (χ3v) is 15.7. The van der Waals surface area contributed by atoms with E-state index in [1.165, 1.54) is 20.7 Å². The maximum atomic E-state index is 8.20. The highest BCUT2D eigenvalue weighted by atomic mass is 28.3. The molecule has 0 fully saturated rings. The fourth-order valence-corrected chi connectivity index (χ4v) is 13.2. The average molecular weight is 759 g/mol. The number of rotatable bonds is 7. The predicted molar refractivity (Wildman–Crippen MR) is 237 cm³/mol. The topological polar surface area (TPSA) is 52.3 Å².